The Labute approximate surface area is 78.8 Å². The Kier molecular flexibility index (Phi) is 6.51. The molecule has 0 aromatic rings. The normalized spacial score (nSPS) is 18.8. The average Bonchev–Trinajstić information content (AvgIpc) is 2.11. The quantitative estimate of drug-likeness (QED) is 0.551. The highest BCUT2D eigenvalue weighted by atomic mass is 14.2. The minimum absolute atomic E-state index is 0.911. The van der Waals surface area contributed by atoms with Gasteiger partial charge in [-0.25, -0.2) is 0 Å². The molecule has 0 saturated carbocycles. The van der Waals surface area contributed by atoms with Crippen molar-refractivity contribution in [2.45, 2.75) is 60.3 Å². The Bertz CT molecular complexity index is 96.2. The SMILES string of the molecule is CCC(C)CCC(C)C(C)CC. The Morgan fingerprint density at radius 1 is 0.750 bits per heavy atom. The van der Waals surface area contributed by atoms with E-state index in [1.807, 2.05) is 0 Å². The van der Waals surface area contributed by atoms with Crippen LogP contribution in [-0.4, -0.2) is 0 Å². The van der Waals surface area contributed by atoms with E-state index >= 15 is 0 Å². The van der Waals surface area contributed by atoms with Crippen LogP contribution in [0, 0.1) is 17.8 Å². The van der Waals surface area contributed by atoms with Gasteiger partial charge in [-0.1, -0.05) is 60.3 Å². The molecule has 0 bridgehead atoms. The third-order valence-corrected chi connectivity index (χ3v) is 3.43. The van der Waals surface area contributed by atoms with Crippen LogP contribution < -0.4 is 0 Å². The molecule has 0 spiro atoms. The van der Waals surface area contributed by atoms with Gasteiger partial charge in [0.25, 0.3) is 0 Å². The lowest BCUT2D eigenvalue weighted by Crippen LogP contribution is -2.08. The summed E-state index contributed by atoms with van der Waals surface area (Å²) >= 11 is 0. The molecule has 0 N–H and O–H groups in total. The first-order chi connectivity index (χ1) is 5.61. The van der Waals surface area contributed by atoms with Gasteiger partial charge in [0.15, 0.2) is 0 Å². The molecule has 0 nitrogen and oxygen atoms in total. The molecule has 0 amide bonds. The molecule has 0 fully saturated rings. The standard InChI is InChI=1S/C12H26/c1-6-10(3)8-9-12(5)11(4)7-2/h10-12H,6-9H2,1-5H3. The summed E-state index contributed by atoms with van der Waals surface area (Å²) in [4.78, 5) is 0. The van der Waals surface area contributed by atoms with Crippen molar-refractivity contribution in [1.29, 1.82) is 0 Å². The summed E-state index contributed by atoms with van der Waals surface area (Å²) in [7, 11) is 0. The van der Waals surface area contributed by atoms with Gasteiger partial charge in [-0.2, -0.15) is 0 Å². The van der Waals surface area contributed by atoms with Crippen LogP contribution in [0.5, 0.6) is 0 Å². The lowest BCUT2D eigenvalue weighted by Gasteiger charge is -2.19. The van der Waals surface area contributed by atoms with E-state index in [0.29, 0.717) is 0 Å². The van der Waals surface area contributed by atoms with Crippen LogP contribution >= 0.6 is 0 Å². The third-order valence-electron chi connectivity index (χ3n) is 3.43. The lowest BCUT2D eigenvalue weighted by molar-refractivity contribution is 0.322. The van der Waals surface area contributed by atoms with Crippen LogP contribution in [0.15, 0.2) is 0 Å². The van der Waals surface area contributed by atoms with Gasteiger partial charge in [-0.3, -0.25) is 0 Å². The van der Waals surface area contributed by atoms with Gasteiger partial charge < -0.3 is 0 Å². The summed E-state index contributed by atoms with van der Waals surface area (Å²) in [5.41, 5.74) is 0. The minimum Gasteiger partial charge on any atom is -0.0651 e. The average molecular weight is 170 g/mol. The van der Waals surface area contributed by atoms with Gasteiger partial charge >= 0.3 is 0 Å². The zero-order valence-electron chi connectivity index (χ0n) is 9.56. The second-order valence-electron chi connectivity index (χ2n) is 4.45. The molecule has 0 aromatic heterocycles. The van der Waals surface area contributed by atoms with Crippen molar-refractivity contribution in [3.63, 3.8) is 0 Å². The first kappa shape index (κ1) is 12.0. The second kappa shape index (κ2) is 6.51. The zero-order valence-corrected chi connectivity index (χ0v) is 9.56. The highest BCUT2D eigenvalue weighted by molar-refractivity contribution is 4.62. The Morgan fingerprint density at radius 2 is 1.33 bits per heavy atom. The molecule has 0 saturated heterocycles. The maximum atomic E-state index is 2.40. The van der Waals surface area contributed by atoms with Gasteiger partial charge in [0.1, 0.15) is 0 Å². The van der Waals surface area contributed by atoms with E-state index in [1.54, 1.807) is 0 Å². The first-order valence-electron chi connectivity index (χ1n) is 5.61. The molecule has 12 heavy (non-hydrogen) atoms. The summed E-state index contributed by atoms with van der Waals surface area (Å²) in [5.74, 6) is 2.76. The van der Waals surface area contributed by atoms with Gasteiger partial charge in [-0.15, -0.1) is 0 Å². The maximum Gasteiger partial charge on any atom is -0.0417 e. The molecule has 0 rings (SSSR count). The van der Waals surface area contributed by atoms with Crippen LogP contribution in [-0.2, 0) is 0 Å². The molecular formula is C12H26. The van der Waals surface area contributed by atoms with Crippen molar-refractivity contribution in [3.05, 3.63) is 0 Å². The van der Waals surface area contributed by atoms with Crippen molar-refractivity contribution in [3.8, 4) is 0 Å². The molecule has 0 radical (unpaired) electrons. The van der Waals surface area contributed by atoms with Crippen LogP contribution in [0.3, 0.4) is 0 Å². The van der Waals surface area contributed by atoms with Crippen LogP contribution in [0.2, 0.25) is 0 Å². The monoisotopic (exact) mass is 170 g/mol. The fourth-order valence-electron chi connectivity index (χ4n) is 1.44. The van der Waals surface area contributed by atoms with E-state index in [-0.39, 0.29) is 0 Å². The van der Waals surface area contributed by atoms with E-state index in [2.05, 4.69) is 34.6 Å². The summed E-state index contributed by atoms with van der Waals surface area (Å²) < 4.78 is 0. The Balaban J connectivity index is 3.49. The van der Waals surface area contributed by atoms with E-state index in [4.69, 9.17) is 0 Å². The molecule has 74 valence electrons. The molecule has 3 atom stereocenters. The van der Waals surface area contributed by atoms with Gasteiger partial charge in [-0.05, 0) is 17.8 Å². The molecule has 0 heterocycles. The maximum absolute atomic E-state index is 2.40. The highest BCUT2D eigenvalue weighted by Crippen LogP contribution is 2.22. The molecule has 0 aliphatic heterocycles. The fraction of sp³-hybridized carbons (Fsp3) is 1.00. The summed E-state index contributed by atoms with van der Waals surface area (Å²) in [6.45, 7) is 11.7. The molecule has 3 unspecified atom stereocenters. The predicted octanol–water partition coefficient (Wildman–Crippen LogP) is 4.49. The Morgan fingerprint density at radius 3 is 1.75 bits per heavy atom. The molecule has 0 heteroatoms. The molecule has 0 aliphatic carbocycles. The largest absolute Gasteiger partial charge is 0.0651 e. The van der Waals surface area contributed by atoms with Crippen LogP contribution in [0.25, 0.3) is 0 Å². The van der Waals surface area contributed by atoms with Crippen molar-refractivity contribution in [1.82, 2.24) is 0 Å². The first-order valence-corrected chi connectivity index (χ1v) is 5.61. The fourth-order valence-corrected chi connectivity index (χ4v) is 1.44. The summed E-state index contributed by atoms with van der Waals surface area (Å²) in [6, 6.07) is 0. The second-order valence-corrected chi connectivity index (χ2v) is 4.45. The van der Waals surface area contributed by atoms with E-state index < -0.39 is 0 Å². The summed E-state index contributed by atoms with van der Waals surface area (Å²) in [6.07, 6.45) is 5.51. The van der Waals surface area contributed by atoms with E-state index in [0.717, 1.165) is 17.8 Å². The van der Waals surface area contributed by atoms with Gasteiger partial charge in [0.05, 0.1) is 0 Å². The topological polar surface area (TPSA) is 0 Å². The van der Waals surface area contributed by atoms with E-state index in [9.17, 15) is 0 Å². The van der Waals surface area contributed by atoms with Gasteiger partial charge in [0, 0.05) is 0 Å². The van der Waals surface area contributed by atoms with E-state index in [1.165, 1.54) is 25.7 Å². The van der Waals surface area contributed by atoms with Crippen molar-refractivity contribution in [2.24, 2.45) is 17.8 Å². The third kappa shape index (κ3) is 4.79. The smallest absolute Gasteiger partial charge is 0.0417 e. The molecular weight excluding hydrogens is 144 g/mol. The molecule has 0 aromatic carbocycles. The number of hydrogen-bond donors (Lipinski definition) is 0. The Hall–Kier alpha value is 0. The predicted molar refractivity (Wildman–Crippen MR) is 57.3 cm³/mol. The van der Waals surface area contributed by atoms with Crippen molar-refractivity contribution < 1.29 is 0 Å². The number of hydrogen-bond acceptors (Lipinski definition) is 0. The van der Waals surface area contributed by atoms with Gasteiger partial charge in [0.2, 0.25) is 0 Å². The minimum atomic E-state index is 0.911. The zero-order chi connectivity index (χ0) is 9.56. The summed E-state index contributed by atoms with van der Waals surface area (Å²) in [5, 5.41) is 0. The van der Waals surface area contributed by atoms with Crippen LogP contribution in [0.4, 0.5) is 0 Å². The molecule has 0 aliphatic rings. The highest BCUT2D eigenvalue weighted by Gasteiger charge is 2.10. The van der Waals surface area contributed by atoms with Crippen LogP contribution in [0.1, 0.15) is 60.3 Å². The van der Waals surface area contributed by atoms with Crippen molar-refractivity contribution >= 4 is 0 Å². The lowest BCUT2D eigenvalue weighted by atomic mass is 9.87. The van der Waals surface area contributed by atoms with Crippen molar-refractivity contribution in [2.75, 3.05) is 0 Å². The number of rotatable bonds is 6.